The molecule has 0 heterocycles. The zero-order valence-electron chi connectivity index (χ0n) is 12.0. The fourth-order valence-electron chi connectivity index (χ4n) is 2.09. The number of hydrogen-bond donors (Lipinski definition) is 0. The van der Waals surface area contributed by atoms with Crippen molar-refractivity contribution in [1.82, 2.24) is 4.90 Å². The van der Waals surface area contributed by atoms with Gasteiger partial charge in [0.1, 0.15) is 0 Å². The number of rotatable bonds is 5. The molecule has 0 aliphatic carbocycles. The second kappa shape index (κ2) is 7.17. The van der Waals surface area contributed by atoms with Crippen molar-refractivity contribution in [3.05, 3.63) is 74.2 Å². The number of carbonyl (C=O) groups is 1. The molecule has 22 heavy (non-hydrogen) atoms. The van der Waals surface area contributed by atoms with Gasteiger partial charge < -0.3 is 4.90 Å². The average Bonchev–Trinajstić information content (AvgIpc) is 2.49. The summed E-state index contributed by atoms with van der Waals surface area (Å²) in [5.41, 5.74) is 1.41. The Bertz CT molecular complexity index is 686. The Morgan fingerprint density at radius 2 is 1.82 bits per heavy atom. The maximum Gasteiger partial charge on any atom is 0.273 e. The van der Waals surface area contributed by atoms with Gasteiger partial charge in [-0.1, -0.05) is 46.3 Å². The van der Waals surface area contributed by atoms with Crippen molar-refractivity contribution < 1.29 is 9.72 Å². The number of carbonyl (C=O) groups excluding carboxylic acids is 1. The van der Waals surface area contributed by atoms with Gasteiger partial charge in [0.15, 0.2) is 0 Å². The van der Waals surface area contributed by atoms with Crippen LogP contribution < -0.4 is 0 Å². The third kappa shape index (κ3) is 4.14. The largest absolute Gasteiger partial charge is 0.341 e. The lowest BCUT2D eigenvalue weighted by atomic mass is 10.1. The maximum atomic E-state index is 12.3. The highest BCUT2D eigenvalue weighted by atomic mass is 79.9. The standard InChI is InChI=1S/C16H15BrN2O3/c1-18(11-12-6-8-14(17)9-7-12)16(20)10-13-4-2-3-5-15(13)19(21)22/h2-9H,10-11H2,1H3. The molecule has 6 heteroatoms. The average molecular weight is 363 g/mol. The summed E-state index contributed by atoms with van der Waals surface area (Å²) in [6.07, 6.45) is 0.0180. The van der Waals surface area contributed by atoms with E-state index in [4.69, 9.17) is 0 Å². The molecule has 0 saturated carbocycles. The molecular weight excluding hydrogens is 348 g/mol. The summed E-state index contributed by atoms with van der Waals surface area (Å²) in [6, 6.07) is 14.0. The summed E-state index contributed by atoms with van der Waals surface area (Å²) in [7, 11) is 1.69. The highest BCUT2D eigenvalue weighted by Crippen LogP contribution is 2.19. The first-order chi connectivity index (χ1) is 10.5. The fraction of sp³-hybridized carbons (Fsp3) is 0.188. The predicted molar refractivity (Wildman–Crippen MR) is 87.4 cm³/mol. The lowest BCUT2D eigenvalue weighted by Gasteiger charge is -2.17. The molecular formula is C16H15BrN2O3. The van der Waals surface area contributed by atoms with Gasteiger partial charge in [-0.15, -0.1) is 0 Å². The van der Waals surface area contributed by atoms with Crippen molar-refractivity contribution >= 4 is 27.5 Å². The molecule has 0 radical (unpaired) electrons. The molecule has 0 unspecified atom stereocenters. The van der Waals surface area contributed by atoms with Gasteiger partial charge in [-0.05, 0) is 17.7 Å². The number of nitro groups is 1. The summed E-state index contributed by atoms with van der Waals surface area (Å²) in [5.74, 6) is -0.155. The summed E-state index contributed by atoms with van der Waals surface area (Å²) < 4.78 is 0.977. The highest BCUT2D eigenvalue weighted by molar-refractivity contribution is 9.10. The first-order valence-electron chi connectivity index (χ1n) is 6.68. The molecule has 0 aromatic heterocycles. The monoisotopic (exact) mass is 362 g/mol. The van der Waals surface area contributed by atoms with Crippen LogP contribution in [0.1, 0.15) is 11.1 Å². The van der Waals surface area contributed by atoms with Crippen LogP contribution in [-0.4, -0.2) is 22.8 Å². The lowest BCUT2D eigenvalue weighted by Crippen LogP contribution is -2.27. The van der Waals surface area contributed by atoms with Gasteiger partial charge in [-0.2, -0.15) is 0 Å². The molecule has 114 valence electrons. The van der Waals surface area contributed by atoms with E-state index < -0.39 is 4.92 Å². The van der Waals surface area contributed by atoms with E-state index in [0.29, 0.717) is 12.1 Å². The van der Waals surface area contributed by atoms with Gasteiger partial charge >= 0.3 is 0 Å². The quantitative estimate of drug-likeness (QED) is 0.603. The number of amides is 1. The van der Waals surface area contributed by atoms with Crippen molar-refractivity contribution in [1.29, 1.82) is 0 Å². The zero-order valence-corrected chi connectivity index (χ0v) is 13.6. The third-order valence-electron chi connectivity index (χ3n) is 3.29. The smallest absolute Gasteiger partial charge is 0.273 e. The molecule has 2 rings (SSSR count). The van der Waals surface area contributed by atoms with Crippen LogP contribution in [0, 0.1) is 10.1 Å². The van der Waals surface area contributed by atoms with Gasteiger partial charge in [0, 0.05) is 29.7 Å². The molecule has 0 N–H and O–H groups in total. The molecule has 0 spiro atoms. The van der Waals surface area contributed by atoms with E-state index >= 15 is 0 Å². The number of benzene rings is 2. The van der Waals surface area contributed by atoms with Crippen molar-refractivity contribution in [3.8, 4) is 0 Å². The van der Waals surface area contributed by atoms with Gasteiger partial charge in [-0.3, -0.25) is 14.9 Å². The minimum Gasteiger partial charge on any atom is -0.341 e. The van der Waals surface area contributed by atoms with E-state index in [9.17, 15) is 14.9 Å². The predicted octanol–water partition coefficient (Wildman–Crippen LogP) is 3.56. The Morgan fingerprint density at radius 1 is 1.18 bits per heavy atom. The van der Waals surface area contributed by atoms with E-state index in [0.717, 1.165) is 10.0 Å². The number of para-hydroxylation sites is 1. The summed E-state index contributed by atoms with van der Waals surface area (Å²) in [6.45, 7) is 0.465. The normalized spacial score (nSPS) is 10.3. The minimum absolute atomic E-state index is 0.0180. The van der Waals surface area contributed by atoms with Gasteiger partial charge in [0.2, 0.25) is 5.91 Å². The number of halogens is 1. The number of nitro benzene ring substituents is 1. The van der Waals surface area contributed by atoms with Crippen molar-refractivity contribution in [2.45, 2.75) is 13.0 Å². The van der Waals surface area contributed by atoms with Crippen LogP contribution in [-0.2, 0) is 17.8 Å². The molecule has 0 fully saturated rings. The SMILES string of the molecule is CN(Cc1ccc(Br)cc1)C(=O)Cc1ccccc1[N+](=O)[O-]. The molecule has 5 nitrogen and oxygen atoms in total. The molecule has 0 aliphatic rings. The van der Waals surface area contributed by atoms with Crippen LogP contribution >= 0.6 is 15.9 Å². The summed E-state index contributed by atoms with van der Waals surface area (Å²) in [5, 5.41) is 11.0. The summed E-state index contributed by atoms with van der Waals surface area (Å²) in [4.78, 5) is 24.3. The Labute approximate surface area is 136 Å². The third-order valence-corrected chi connectivity index (χ3v) is 3.82. The lowest BCUT2D eigenvalue weighted by molar-refractivity contribution is -0.385. The van der Waals surface area contributed by atoms with Crippen LogP contribution in [0.3, 0.4) is 0 Å². The molecule has 1 amide bonds. The molecule has 0 aliphatic heterocycles. The van der Waals surface area contributed by atoms with Crippen LogP contribution in [0.15, 0.2) is 53.0 Å². The first-order valence-corrected chi connectivity index (χ1v) is 7.47. The fourth-order valence-corrected chi connectivity index (χ4v) is 2.35. The summed E-state index contributed by atoms with van der Waals surface area (Å²) >= 11 is 3.36. The van der Waals surface area contributed by atoms with Crippen molar-refractivity contribution in [2.24, 2.45) is 0 Å². The van der Waals surface area contributed by atoms with Gasteiger partial charge in [0.05, 0.1) is 11.3 Å². The van der Waals surface area contributed by atoms with Crippen LogP contribution in [0.25, 0.3) is 0 Å². The van der Waals surface area contributed by atoms with E-state index in [1.165, 1.54) is 6.07 Å². The van der Waals surface area contributed by atoms with E-state index in [2.05, 4.69) is 15.9 Å². The Hall–Kier alpha value is -2.21. The molecule has 2 aromatic rings. The molecule has 0 bridgehead atoms. The van der Waals surface area contributed by atoms with Crippen molar-refractivity contribution in [3.63, 3.8) is 0 Å². The van der Waals surface area contributed by atoms with E-state index in [1.807, 2.05) is 24.3 Å². The number of hydrogen-bond acceptors (Lipinski definition) is 3. The Balaban J connectivity index is 2.05. The second-order valence-corrected chi connectivity index (χ2v) is 5.85. The first kappa shape index (κ1) is 16.2. The number of likely N-dealkylation sites (N-methyl/N-ethyl adjacent to an activating group) is 1. The Kier molecular flexibility index (Phi) is 5.27. The topological polar surface area (TPSA) is 63.5 Å². The van der Waals surface area contributed by atoms with Crippen LogP contribution in [0.4, 0.5) is 5.69 Å². The highest BCUT2D eigenvalue weighted by Gasteiger charge is 2.17. The minimum atomic E-state index is -0.461. The van der Waals surface area contributed by atoms with Crippen LogP contribution in [0.2, 0.25) is 0 Å². The maximum absolute atomic E-state index is 12.3. The molecule has 0 saturated heterocycles. The van der Waals surface area contributed by atoms with E-state index in [-0.39, 0.29) is 18.0 Å². The van der Waals surface area contributed by atoms with Gasteiger partial charge in [-0.25, -0.2) is 0 Å². The van der Waals surface area contributed by atoms with E-state index in [1.54, 1.807) is 30.1 Å². The molecule has 0 atom stereocenters. The van der Waals surface area contributed by atoms with Gasteiger partial charge in [0.25, 0.3) is 5.69 Å². The van der Waals surface area contributed by atoms with Crippen LogP contribution in [0.5, 0.6) is 0 Å². The molecule has 2 aromatic carbocycles. The Morgan fingerprint density at radius 3 is 2.45 bits per heavy atom. The number of nitrogens with zero attached hydrogens (tertiary/aromatic N) is 2. The second-order valence-electron chi connectivity index (χ2n) is 4.94. The van der Waals surface area contributed by atoms with Crippen molar-refractivity contribution in [2.75, 3.05) is 7.05 Å². The zero-order chi connectivity index (χ0) is 16.1.